The Morgan fingerprint density at radius 1 is 1.37 bits per heavy atom. The van der Waals surface area contributed by atoms with E-state index in [9.17, 15) is 4.79 Å². The molecule has 5 heteroatoms. The van der Waals surface area contributed by atoms with Crippen molar-refractivity contribution in [2.24, 2.45) is 16.5 Å². The molecular weight excluding hydrogens is 240 g/mol. The number of unbranched alkanes of at least 4 members (excludes halogenated alkanes) is 1. The molecule has 1 amide bonds. The number of hydrogen-bond acceptors (Lipinski definition) is 2. The van der Waals surface area contributed by atoms with Gasteiger partial charge in [-0.1, -0.05) is 25.5 Å². The van der Waals surface area contributed by atoms with Crippen molar-refractivity contribution in [3.8, 4) is 0 Å². The molecular formula is C14H22N4O. The molecule has 0 saturated carbocycles. The summed E-state index contributed by atoms with van der Waals surface area (Å²) in [6.07, 6.45) is 2.92. The maximum Gasteiger partial charge on any atom is 0.248 e. The van der Waals surface area contributed by atoms with E-state index in [0.717, 1.165) is 31.4 Å². The van der Waals surface area contributed by atoms with Crippen molar-refractivity contribution in [1.82, 2.24) is 5.32 Å². The summed E-state index contributed by atoms with van der Waals surface area (Å²) in [6, 6.07) is 7.29. The molecule has 0 aromatic heterocycles. The van der Waals surface area contributed by atoms with E-state index in [2.05, 4.69) is 17.2 Å². The quantitative estimate of drug-likeness (QED) is 0.389. The maximum atomic E-state index is 11.0. The van der Waals surface area contributed by atoms with E-state index < -0.39 is 5.91 Å². The lowest BCUT2D eigenvalue weighted by Gasteiger charge is -2.06. The number of carbonyl (C=O) groups is 1. The van der Waals surface area contributed by atoms with Crippen LogP contribution in [0, 0.1) is 0 Å². The molecule has 0 aliphatic rings. The monoisotopic (exact) mass is 262 g/mol. The van der Waals surface area contributed by atoms with Crippen molar-refractivity contribution in [2.45, 2.75) is 26.2 Å². The Balaban J connectivity index is 2.38. The number of primary amides is 1. The fourth-order valence-electron chi connectivity index (χ4n) is 1.63. The fourth-order valence-corrected chi connectivity index (χ4v) is 1.63. The third kappa shape index (κ3) is 5.90. The summed E-state index contributed by atoms with van der Waals surface area (Å²) in [4.78, 5) is 15.2. The lowest BCUT2D eigenvalue weighted by atomic mass is 10.1. The molecule has 0 heterocycles. The highest BCUT2D eigenvalue weighted by atomic mass is 16.1. The van der Waals surface area contributed by atoms with Gasteiger partial charge in [0.15, 0.2) is 5.96 Å². The number of nitrogens with two attached hydrogens (primary N) is 2. The van der Waals surface area contributed by atoms with Gasteiger partial charge in [0.2, 0.25) is 5.91 Å². The van der Waals surface area contributed by atoms with Crippen LogP contribution in [0.5, 0.6) is 0 Å². The number of benzene rings is 1. The molecule has 0 atom stereocenters. The van der Waals surface area contributed by atoms with Crippen LogP contribution < -0.4 is 16.8 Å². The first-order valence-corrected chi connectivity index (χ1v) is 6.56. The predicted molar refractivity (Wildman–Crippen MR) is 78.1 cm³/mol. The van der Waals surface area contributed by atoms with Gasteiger partial charge < -0.3 is 16.8 Å². The van der Waals surface area contributed by atoms with Crippen LogP contribution in [0.3, 0.4) is 0 Å². The van der Waals surface area contributed by atoms with Crippen LogP contribution in [-0.4, -0.2) is 25.0 Å². The zero-order chi connectivity index (χ0) is 14.1. The van der Waals surface area contributed by atoms with E-state index in [1.54, 1.807) is 12.1 Å². The summed E-state index contributed by atoms with van der Waals surface area (Å²) < 4.78 is 0. The Labute approximate surface area is 114 Å². The van der Waals surface area contributed by atoms with E-state index in [1.807, 2.05) is 12.1 Å². The summed E-state index contributed by atoms with van der Waals surface area (Å²) in [6.45, 7) is 3.56. The minimum Gasteiger partial charge on any atom is -0.370 e. The lowest BCUT2D eigenvalue weighted by Crippen LogP contribution is -2.33. The summed E-state index contributed by atoms with van der Waals surface area (Å²) in [5.74, 6) is 0.0648. The SMILES string of the molecule is CCCCN=C(N)NCCc1cccc(C(N)=O)c1. The molecule has 19 heavy (non-hydrogen) atoms. The van der Waals surface area contributed by atoms with Crippen molar-refractivity contribution >= 4 is 11.9 Å². The highest BCUT2D eigenvalue weighted by molar-refractivity contribution is 5.92. The molecule has 0 spiro atoms. The number of rotatable bonds is 7. The van der Waals surface area contributed by atoms with Crippen molar-refractivity contribution in [3.05, 3.63) is 35.4 Å². The van der Waals surface area contributed by atoms with Gasteiger partial charge in [0, 0.05) is 18.7 Å². The summed E-state index contributed by atoms with van der Waals surface area (Å²) in [7, 11) is 0. The van der Waals surface area contributed by atoms with Crippen molar-refractivity contribution in [2.75, 3.05) is 13.1 Å². The van der Waals surface area contributed by atoms with Crippen molar-refractivity contribution in [3.63, 3.8) is 0 Å². The predicted octanol–water partition coefficient (Wildman–Crippen LogP) is 1.03. The molecule has 5 nitrogen and oxygen atoms in total. The van der Waals surface area contributed by atoms with Crippen LogP contribution in [0.25, 0.3) is 0 Å². The summed E-state index contributed by atoms with van der Waals surface area (Å²) in [5.41, 5.74) is 12.5. The topological polar surface area (TPSA) is 93.5 Å². The molecule has 0 bridgehead atoms. The van der Waals surface area contributed by atoms with E-state index in [-0.39, 0.29) is 0 Å². The Kier molecular flexibility index (Phi) is 6.43. The molecule has 1 aromatic carbocycles. The molecule has 104 valence electrons. The number of nitrogens with one attached hydrogen (secondary N) is 1. The average molecular weight is 262 g/mol. The largest absolute Gasteiger partial charge is 0.370 e. The third-order valence-corrected chi connectivity index (χ3v) is 2.73. The highest BCUT2D eigenvalue weighted by Crippen LogP contribution is 2.04. The zero-order valence-corrected chi connectivity index (χ0v) is 11.4. The van der Waals surface area contributed by atoms with Gasteiger partial charge in [-0.3, -0.25) is 9.79 Å². The number of carbonyl (C=O) groups excluding carboxylic acids is 1. The van der Waals surface area contributed by atoms with Crippen LogP contribution in [0.2, 0.25) is 0 Å². The molecule has 1 aromatic rings. The molecule has 5 N–H and O–H groups in total. The molecule has 0 saturated heterocycles. The second-order valence-electron chi connectivity index (χ2n) is 4.36. The van der Waals surface area contributed by atoms with Gasteiger partial charge in [-0.05, 0) is 30.5 Å². The lowest BCUT2D eigenvalue weighted by molar-refractivity contribution is 0.1000. The van der Waals surface area contributed by atoms with E-state index in [1.165, 1.54) is 0 Å². The van der Waals surface area contributed by atoms with E-state index >= 15 is 0 Å². The van der Waals surface area contributed by atoms with Crippen LogP contribution in [0.15, 0.2) is 29.3 Å². The van der Waals surface area contributed by atoms with Gasteiger partial charge >= 0.3 is 0 Å². The smallest absolute Gasteiger partial charge is 0.248 e. The van der Waals surface area contributed by atoms with Gasteiger partial charge in [-0.25, -0.2) is 0 Å². The molecule has 0 radical (unpaired) electrons. The first kappa shape index (κ1) is 15.0. The van der Waals surface area contributed by atoms with Gasteiger partial charge in [0.1, 0.15) is 0 Å². The Morgan fingerprint density at radius 3 is 2.84 bits per heavy atom. The van der Waals surface area contributed by atoms with Crippen LogP contribution >= 0.6 is 0 Å². The standard InChI is InChI=1S/C14H22N4O/c1-2-3-8-17-14(16)18-9-7-11-5-4-6-12(10-11)13(15)19/h4-6,10H,2-3,7-9H2,1H3,(H2,15,19)(H3,16,17,18). The third-order valence-electron chi connectivity index (χ3n) is 2.73. The molecule has 0 unspecified atom stereocenters. The second kappa shape index (κ2) is 8.13. The number of aliphatic imine (C=N–C) groups is 1. The minimum atomic E-state index is -0.407. The van der Waals surface area contributed by atoms with Crippen LogP contribution in [-0.2, 0) is 6.42 Å². The zero-order valence-electron chi connectivity index (χ0n) is 11.4. The summed E-state index contributed by atoms with van der Waals surface area (Å²) in [5, 5.41) is 3.05. The minimum absolute atomic E-state index is 0.407. The average Bonchev–Trinajstić information content (AvgIpc) is 2.39. The normalized spacial score (nSPS) is 11.3. The number of hydrogen-bond donors (Lipinski definition) is 3. The van der Waals surface area contributed by atoms with E-state index in [0.29, 0.717) is 18.1 Å². The molecule has 1 rings (SSSR count). The van der Waals surface area contributed by atoms with Gasteiger partial charge in [-0.15, -0.1) is 0 Å². The second-order valence-corrected chi connectivity index (χ2v) is 4.36. The van der Waals surface area contributed by atoms with Gasteiger partial charge in [-0.2, -0.15) is 0 Å². The van der Waals surface area contributed by atoms with Gasteiger partial charge in [0.05, 0.1) is 0 Å². The summed E-state index contributed by atoms with van der Waals surface area (Å²) >= 11 is 0. The maximum absolute atomic E-state index is 11.0. The number of guanidine groups is 1. The Bertz CT molecular complexity index is 443. The Hall–Kier alpha value is -2.04. The first-order chi connectivity index (χ1) is 9.13. The number of amides is 1. The first-order valence-electron chi connectivity index (χ1n) is 6.56. The van der Waals surface area contributed by atoms with Crippen LogP contribution in [0.1, 0.15) is 35.7 Å². The molecule has 0 fully saturated rings. The fraction of sp³-hybridized carbons (Fsp3) is 0.429. The van der Waals surface area contributed by atoms with E-state index in [4.69, 9.17) is 11.5 Å². The van der Waals surface area contributed by atoms with Gasteiger partial charge in [0.25, 0.3) is 0 Å². The molecule has 0 aliphatic heterocycles. The Morgan fingerprint density at radius 2 is 2.16 bits per heavy atom. The van der Waals surface area contributed by atoms with Crippen molar-refractivity contribution in [1.29, 1.82) is 0 Å². The molecule has 0 aliphatic carbocycles. The number of nitrogens with zero attached hydrogens (tertiary/aromatic N) is 1. The highest BCUT2D eigenvalue weighted by Gasteiger charge is 2.01. The van der Waals surface area contributed by atoms with Crippen molar-refractivity contribution < 1.29 is 4.79 Å². The van der Waals surface area contributed by atoms with Crippen LogP contribution in [0.4, 0.5) is 0 Å².